The molecule has 4 heteroatoms. The maximum atomic E-state index is 6.29. The van der Waals surface area contributed by atoms with Crippen LogP contribution in [-0.2, 0) is 5.54 Å². The molecule has 0 aromatic heterocycles. The van der Waals surface area contributed by atoms with E-state index >= 15 is 0 Å². The van der Waals surface area contributed by atoms with E-state index in [1.807, 2.05) is 24.3 Å². The molecule has 2 rings (SSSR count). The Balaban J connectivity index is 2.46. The third-order valence-electron chi connectivity index (χ3n) is 2.89. The van der Waals surface area contributed by atoms with Gasteiger partial charge in [-0.25, -0.2) is 0 Å². The maximum Gasteiger partial charge on any atom is 0.0655 e. The number of nitrogen functional groups attached to an aromatic ring is 2. The number of nitrogens with two attached hydrogens (primary N) is 4. The summed E-state index contributed by atoms with van der Waals surface area (Å²) in [6.45, 7) is 0. The van der Waals surface area contributed by atoms with E-state index in [9.17, 15) is 0 Å². The quantitative estimate of drug-likeness (QED) is 0.521. The van der Waals surface area contributed by atoms with E-state index in [1.165, 1.54) is 0 Å². The van der Waals surface area contributed by atoms with Gasteiger partial charge in [-0.2, -0.15) is 0 Å². The van der Waals surface area contributed by atoms with Gasteiger partial charge < -0.3 is 22.9 Å². The predicted octanol–water partition coefficient (Wildman–Crippen LogP) is 0.808. The molecule has 16 heavy (non-hydrogen) atoms. The molecule has 1 aliphatic rings. The fourth-order valence-corrected chi connectivity index (χ4v) is 1.86. The number of anilines is 2. The molecule has 4 nitrogen and oxygen atoms in total. The molecule has 1 unspecified atom stereocenters. The second kappa shape index (κ2) is 3.57. The van der Waals surface area contributed by atoms with Crippen molar-refractivity contribution in [3.8, 4) is 0 Å². The molecule has 0 radical (unpaired) electrons. The smallest absolute Gasteiger partial charge is 0.0655 e. The highest BCUT2D eigenvalue weighted by Gasteiger charge is 2.27. The molecule has 84 valence electrons. The number of allylic oxidation sites excluding steroid dienone is 1. The molecule has 0 heterocycles. The monoisotopic (exact) mass is 216 g/mol. The summed E-state index contributed by atoms with van der Waals surface area (Å²) in [6.07, 6.45) is 6.19. The van der Waals surface area contributed by atoms with Crippen molar-refractivity contribution in [3.05, 3.63) is 47.7 Å². The minimum absolute atomic E-state index is 0.545. The van der Waals surface area contributed by atoms with Crippen LogP contribution in [0, 0.1) is 0 Å². The molecule has 0 spiro atoms. The van der Waals surface area contributed by atoms with Crippen LogP contribution in [0.5, 0.6) is 0 Å². The summed E-state index contributed by atoms with van der Waals surface area (Å²) in [5, 5.41) is 0. The summed E-state index contributed by atoms with van der Waals surface area (Å²) in [5.74, 6) is 0. The number of hydrogen-bond acceptors (Lipinski definition) is 4. The number of rotatable bonds is 1. The van der Waals surface area contributed by atoms with Gasteiger partial charge in [-0.1, -0.05) is 24.3 Å². The van der Waals surface area contributed by atoms with E-state index in [-0.39, 0.29) is 0 Å². The van der Waals surface area contributed by atoms with Crippen molar-refractivity contribution in [1.82, 2.24) is 0 Å². The van der Waals surface area contributed by atoms with Crippen LogP contribution in [0.15, 0.2) is 42.1 Å². The van der Waals surface area contributed by atoms with Crippen molar-refractivity contribution in [2.45, 2.75) is 12.0 Å². The standard InChI is InChI=1S/C12H16N4/c13-8-4-6-12(16,7-5-8)9-2-1-3-10(14)11(9)15/h1-6H,7,13-16H2. The zero-order chi connectivity index (χ0) is 11.8. The minimum atomic E-state index is -0.609. The van der Waals surface area contributed by atoms with E-state index in [4.69, 9.17) is 22.9 Å². The van der Waals surface area contributed by atoms with Crippen LogP contribution in [-0.4, -0.2) is 0 Å². The molecule has 0 amide bonds. The Hall–Kier alpha value is -1.94. The van der Waals surface area contributed by atoms with Gasteiger partial charge in [-0.15, -0.1) is 0 Å². The summed E-state index contributed by atoms with van der Waals surface area (Å²) < 4.78 is 0. The molecule has 0 fully saturated rings. The van der Waals surface area contributed by atoms with Gasteiger partial charge in [0.25, 0.3) is 0 Å². The Kier molecular flexibility index (Phi) is 2.36. The third-order valence-corrected chi connectivity index (χ3v) is 2.89. The van der Waals surface area contributed by atoms with E-state index in [2.05, 4.69) is 0 Å². The van der Waals surface area contributed by atoms with E-state index < -0.39 is 5.54 Å². The molecule has 0 aliphatic heterocycles. The average Bonchev–Trinajstić information content (AvgIpc) is 2.27. The van der Waals surface area contributed by atoms with Crippen molar-refractivity contribution in [3.63, 3.8) is 0 Å². The summed E-state index contributed by atoms with van der Waals surface area (Å²) in [4.78, 5) is 0. The number of hydrogen-bond donors (Lipinski definition) is 4. The van der Waals surface area contributed by atoms with Crippen LogP contribution in [0.2, 0.25) is 0 Å². The normalized spacial score (nSPS) is 24.2. The van der Waals surface area contributed by atoms with Crippen molar-refractivity contribution in [2.75, 3.05) is 11.5 Å². The lowest BCUT2D eigenvalue weighted by Crippen LogP contribution is -2.36. The maximum absolute atomic E-state index is 6.29. The third kappa shape index (κ3) is 1.63. The van der Waals surface area contributed by atoms with Gasteiger partial charge in [-0.3, -0.25) is 0 Å². The van der Waals surface area contributed by atoms with Gasteiger partial charge in [-0.05, 0) is 18.6 Å². The molecule has 0 saturated carbocycles. The first-order chi connectivity index (χ1) is 7.53. The predicted molar refractivity (Wildman–Crippen MR) is 67.2 cm³/mol. The zero-order valence-corrected chi connectivity index (χ0v) is 8.98. The van der Waals surface area contributed by atoms with Crippen molar-refractivity contribution < 1.29 is 0 Å². The lowest BCUT2D eigenvalue weighted by Gasteiger charge is -2.29. The van der Waals surface area contributed by atoms with E-state index in [0.29, 0.717) is 17.8 Å². The summed E-state index contributed by atoms with van der Waals surface area (Å²) in [6, 6.07) is 5.51. The number of benzene rings is 1. The van der Waals surface area contributed by atoms with Crippen LogP contribution < -0.4 is 22.9 Å². The summed E-state index contributed by atoms with van der Waals surface area (Å²) in [5.41, 5.74) is 25.7. The number of para-hydroxylation sites is 1. The molecule has 8 N–H and O–H groups in total. The van der Waals surface area contributed by atoms with Gasteiger partial charge in [0.15, 0.2) is 0 Å². The zero-order valence-electron chi connectivity index (χ0n) is 8.98. The first-order valence-electron chi connectivity index (χ1n) is 5.11. The Morgan fingerprint density at radius 3 is 2.50 bits per heavy atom. The fourth-order valence-electron chi connectivity index (χ4n) is 1.86. The van der Waals surface area contributed by atoms with Crippen LogP contribution >= 0.6 is 0 Å². The molecule has 1 aliphatic carbocycles. The van der Waals surface area contributed by atoms with Crippen molar-refractivity contribution in [2.24, 2.45) is 11.5 Å². The highest BCUT2D eigenvalue weighted by Crippen LogP contribution is 2.34. The fraction of sp³-hybridized carbons (Fsp3) is 0.167. The molecule has 1 aromatic carbocycles. The van der Waals surface area contributed by atoms with Gasteiger partial charge in [0.1, 0.15) is 0 Å². The highest BCUT2D eigenvalue weighted by molar-refractivity contribution is 5.69. The lowest BCUT2D eigenvalue weighted by molar-refractivity contribution is 0.564. The van der Waals surface area contributed by atoms with Crippen LogP contribution in [0.3, 0.4) is 0 Å². The summed E-state index contributed by atoms with van der Waals surface area (Å²) in [7, 11) is 0. The minimum Gasteiger partial charge on any atom is -0.399 e. The first kappa shape index (κ1) is 10.6. The first-order valence-corrected chi connectivity index (χ1v) is 5.11. The molecule has 0 saturated heterocycles. The Morgan fingerprint density at radius 2 is 1.88 bits per heavy atom. The van der Waals surface area contributed by atoms with Crippen molar-refractivity contribution >= 4 is 11.4 Å². The second-order valence-electron chi connectivity index (χ2n) is 4.09. The Bertz CT molecular complexity index is 476. The molecule has 1 aromatic rings. The van der Waals surface area contributed by atoms with Gasteiger partial charge in [0.05, 0.1) is 16.9 Å². The molecule has 1 atom stereocenters. The van der Waals surface area contributed by atoms with Crippen LogP contribution in [0.4, 0.5) is 11.4 Å². The molecular weight excluding hydrogens is 200 g/mol. The Labute approximate surface area is 94.6 Å². The van der Waals surface area contributed by atoms with Gasteiger partial charge in [0, 0.05) is 11.3 Å². The van der Waals surface area contributed by atoms with Gasteiger partial charge >= 0.3 is 0 Å². The SMILES string of the molecule is NC1=CCC(N)(c2cccc(N)c2N)C=C1. The lowest BCUT2D eigenvalue weighted by atomic mass is 9.83. The average molecular weight is 216 g/mol. The second-order valence-corrected chi connectivity index (χ2v) is 4.09. The van der Waals surface area contributed by atoms with E-state index in [0.717, 1.165) is 11.3 Å². The van der Waals surface area contributed by atoms with Crippen LogP contribution in [0.1, 0.15) is 12.0 Å². The van der Waals surface area contributed by atoms with Gasteiger partial charge in [0.2, 0.25) is 0 Å². The topological polar surface area (TPSA) is 104 Å². The van der Waals surface area contributed by atoms with Crippen molar-refractivity contribution in [1.29, 1.82) is 0 Å². The summed E-state index contributed by atoms with van der Waals surface area (Å²) >= 11 is 0. The highest BCUT2D eigenvalue weighted by atomic mass is 14.8. The molecular formula is C12H16N4. The van der Waals surface area contributed by atoms with E-state index in [1.54, 1.807) is 12.1 Å². The molecule has 0 bridgehead atoms. The van der Waals surface area contributed by atoms with Crippen LogP contribution in [0.25, 0.3) is 0 Å². The Morgan fingerprint density at radius 1 is 1.12 bits per heavy atom. The largest absolute Gasteiger partial charge is 0.399 e.